The fourth-order valence-electron chi connectivity index (χ4n) is 8.51. The Kier molecular flexibility index (Phi) is 23.0. The first-order valence-electron chi connectivity index (χ1n) is 26.7. The number of pyridine rings is 2. The number of phosphoric acid groups is 2. The van der Waals surface area contributed by atoms with E-state index in [-0.39, 0.29) is 92.1 Å². The zero-order chi connectivity index (χ0) is 60.3. The normalized spacial score (nSPS) is 19.7. The summed E-state index contributed by atoms with van der Waals surface area (Å²) in [6, 6.07) is 28.6. The van der Waals surface area contributed by atoms with Crippen LogP contribution in [0.1, 0.15) is 25.3 Å². The quantitative estimate of drug-likeness (QED) is 0.0149. The van der Waals surface area contributed by atoms with Gasteiger partial charge in [0, 0.05) is 36.7 Å². The van der Waals surface area contributed by atoms with E-state index in [1.54, 1.807) is 82.2 Å². The number of imidazole rings is 2. The summed E-state index contributed by atoms with van der Waals surface area (Å²) in [5, 5.41) is 17.6. The van der Waals surface area contributed by atoms with Crippen molar-refractivity contribution in [1.29, 1.82) is 0 Å². The van der Waals surface area contributed by atoms with Crippen LogP contribution < -0.4 is 20.1 Å². The van der Waals surface area contributed by atoms with Gasteiger partial charge in [0.1, 0.15) is 77.7 Å². The van der Waals surface area contributed by atoms with Crippen LogP contribution in [0.4, 0.5) is 11.6 Å². The highest BCUT2D eigenvalue weighted by atomic mass is 33.1. The zero-order valence-electron chi connectivity index (χ0n) is 45.8. The van der Waals surface area contributed by atoms with Crippen LogP contribution in [0.3, 0.4) is 0 Å². The summed E-state index contributed by atoms with van der Waals surface area (Å²) in [4.78, 5) is 64.4. The molecule has 34 heteroatoms. The van der Waals surface area contributed by atoms with Gasteiger partial charge in [0.15, 0.2) is 47.2 Å². The number of carbonyl (C=O) groups is 2. The van der Waals surface area contributed by atoms with Crippen molar-refractivity contribution in [2.45, 2.75) is 59.8 Å². The minimum Gasteiger partial charge on any atom is -0.484 e. The smallest absolute Gasteiger partial charge is 0.475 e. The molecule has 2 aliphatic rings. The predicted octanol–water partition coefficient (Wildman–Crippen LogP) is 8.91. The maximum atomic E-state index is 15.3. The van der Waals surface area contributed by atoms with Crippen molar-refractivity contribution >= 4 is 105 Å². The van der Waals surface area contributed by atoms with Gasteiger partial charge < -0.3 is 39.5 Å². The van der Waals surface area contributed by atoms with Gasteiger partial charge in [-0.1, -0.05) is 70.1 Å². The number of aliphatic hydroxyl groups is 1. The van der Waals surface area contributed by atoms with Crippen LogP contribution in [0.2, 0.25) is 0 Å². The van der Waals surface area contributed by atoms with Crippen LogP contribution in [0.25, 0.3) is 27.2 Å². The predicted molar refractivity (Wildman–Crippen MR) is 321 cm³/mol. The molecule has 2 amide bonds. The van der Waals surface area contributed by atoms with Gasteiger partial charge in [0.25, 0.3) is 11.8 Å². The lowest BCUT2D eigenvalue weighted by Crippen LogP contribution is -2.31. The molecule has 28 nitrogen and oxygen atoms in total. The van der Waals surface area contributed by atoms with Gasteiger partial charge in [-0.05, 0) is 70.1 Å². The van der Waals surface area contributed by atoms with Crippen LogP contribution in [-0.4, -0.2) is 155 Å². The van der Waals surface area contributed by atoms with Crippen molar-refractivity contribution in [3.05, 3.63) is 146 Å². The SMILES string of the molecule is [C-]#[N+]CCOP(=O)(OCCSSc1ccccn1)OC1C[C@H](n2cnc3c(NC(=O)COc4ccccc4)ncnc32)O[C@@H]1COP(=O)(OCCSSc1ccccn1)OC1C[C@H](n2cnc3c(NC(=O)COc4ccccc4)ncnc32)O[C@@H]1CO. The minimum absolute atomic E-state index is 0.0405. The highest BCUT2D eigenvalue weighted by Crippen LogP contribution is 2.56. The lowest BCUT2D eigenvalue weighted by Gasteiger charge is -2.26. The molecule has 8 heterocycles. The lowest BCUT2D eigenvalue weighted by molar-refractivity contribution is -0.118. The Hall–Kier alpha value is -6.63. The van der Waals surface area contributed by atoms with E-state index in [0.29, 0.717) is 17.3 Å². The molecule has 2 aromatic carbocycles. The average Bonchev–Trinajstić information content (AvgIpc) is 1.90. The van der Waals surface area contributed by atoms with Gasteiger partial charge in [-0.25, -0.2) is 55.6 Å². The summed E-state index contributed by atoms with van der Waals surface area (Å²) in [7, 11) is -3.75. The molecule has 2 saturated heterocycles. The summed E-state index contributed by atoms with van der Waals surface area (Å²) in [5.41, 5.74) is 0.900. The molecule has 6 aromatic heterocycles. The standard InChI is InChI=1S/C53H55N13O15P2S4/c1-54-20-21-74-82(70,75-22-24-84-86-44-16-8-10-18-55-44)81-39-27-47(66-35-62-49-51(58-33-60-53(49)66)64-43(69)31-73-37-14-6-3-7-15-37)79-41(39)29-77-83(71,76-23-25-85-87-45-17-9-11-19-56-45)80-38-26-46(78-40(38)28-67)65-34-61-48-50(57-32-59-52(48)65)63-42(68)30-72-36-12-4-2-5-13-36/h2-19,32-35,38-41,46-47,67H,20-31H2,(H,57,59,63,68)(H,58,60,64,69)/t38?,39?,40-,41-,46-,47-,82?,83?/m1/s1. The van der Waals surface area contributed by atoms with Gasteiger partial charge in [-0.15, -0.1) is 0 Å². The number of nitrogens with zero attached hydrogens (tertiary/aromatic N) is 11. The van der Waals surface area contributed by atoms with E-state index in [9.17, 15) is 19.3 Å². The Balaban J connectivity index is 0.879. The van der Waals surface area contributed by atoms with Gasteiger partial charge in [0.05, 0.1) is 39.1 Å². The van der Waals surface area contributed by atoms with E-state index in [4.69, 9.17) is 52.7 Å². The molecule has 2 fully saturated rings. The summed E-state index contributed by atoms with van der Waals surface area (Å²) in [5.74, 6) is 0.758. The fraction of sp³-hybridized carbons (Fsp3) is 0.340. The molecular formula is C53H55N13O15P2S4. The van der Waals surface area contributed by atoms with Gasteiger partial charge in [-0.3, -0.25) is 45.9 Å². The van der Waals surface area contributed by atoms with Crippen LogP contribution in [0.5, 0.6) is 11.5 Å². The highest BCUT2D eigenvalue weighted by Gasteiger charge is 2.47. The summed E-state index contributed by atoms with van der Waals surface area (Å²) in [6.45, 7) is 4.80. The van der Waals surface area contributed by atoms with E-state index >= 15 is 4.57 Å². The second-order valence-electron chi connectivity index (χ2n) is 18.3. The first-order chi connectivity index (χ1) is 42.5. The maximum Gasteiger partial charge on any atom is 0.475 e. The second-order valence-corrected chi connectivity index (χ2v) is 26.4. The highest BCUT2D eigenvalue weighted by molar-refractivity contribution is 8.77. The number of aliphatic hydroxyl groups excluding tert-OH is 1. The Labute approximate surface area is 513 Å². The third-order valence-corrected chi connectivity index (χ3v) is 19.9. The van der Waals surface area contributed by atoms with Gasteiger partial charge >= 0.3 is 15.6 Å². The Bertz CT molecular complexity index is 3670. The number of hydrogen-bond donors (Lipinski definition) is 3. The molecule has 8 atom stereocenters. The van der Waals surface area contributed by atoms with E-state index in [2.05, 4.69) is 55.4 Å². The molecule has 0 saturated carbocycles. The number of carbonyl (C=O) groups excluding carboxylic acids is 2. The third kappa shape index (κ3) is 17.8. The number of fused-ring (bicyclic) bond motifs is 2. The molecule has 0 aliphatic carbocycles. The fourth-order valence-corrected chi connectivity index (χ4v) is 14.9. The molecule has 8 aromatic rings. The van der Waals surface area contributed by atoms with Crippen molar-refractivity contribution in [2.24, 2.45) is 0 Å². The number of aromatic nitrogens is 10. The number of rotatable bonds is 33. The summed E-state index contributed by atoms with van der Waals surface area (Å²) < 4.78 is 93.7. The van der Waals surface area contributed by atoms with Crippen molar-refractivity contribution < 1.29 is 69.9 Å². The molecule has 87 heavy (non-hydrogen) atoms. The molecule has 456 valence electrons. The van der Waals surface area contributed by atoms with Crippen molar-refractivity contribution in [3.63, 3.8) is 0 Å². The molecule has 4 unspecified atom stereocenters. The minimum atomic E-state index is -4.74. The lowest BCUT2D eigenvalue weighted by atomic mass is 10.2. The number of benzene rings is 2. The van der Waals surface area contributed by atoms with Crippen molar-refractivity contribution in [3.8, 4) is 11.5 Å². The number of amides is 2. The van der Waals surface area contributed by atoms with Crippen LogP contribution in [0, 0.1) is 6.57 Å². The molecule has 0 spiro atoms. The average molecular weight is 1300 g/mol. The number of ether oxygens (including phenoxy) is 4. The van der Waals surface area contributed by atoms with Crippen LogP contribution >= 0.6 is 58.8 Å². The van der Waals surface area contributed by atoms with Crippen molar-refractivity contribution in [2.75, 3.05) is 74.9 Å². The van der Waals surface area contributed by atoms with Gasteiger partial charge in [-0.2, -0.15) is 0 Å². The largest absolute Gasteiger partial charge is 0.484 e. The van der Waals surface area contributed by atoms with E-state index in [1.165, 1.54) is 68.5 Å². The molecule has 10 rings (SSSR count). The van der Waals surface area contributed by atoms with E-state index < -0.39 is 77.5 Å². The molecule has 2 aliphatic heterocycles. The zero-order valence-corrected chi connectivity index (χ0v) is 50.8. The van der Waals surface area contributed by atoms with Crippen LogP contribution in [-0.2, 0) is 55.3 Å². The van der Waals surface area contributed by atoms with E-state index in [0.717, 1.165) is 10.1 Å². The number of phosphoric ester groups is 2. The number of hydrogen-bond acceptors (Lipinski definition) is 27. The topological polar surface area (TPSA) is 322 Å². The number of para-hydroxylation sites is 2. The molecule has 0 radical (unpaired) electrons. The number of anilines is 2. The van der Waals surface area contributed by atoms with Crippen molar-refractivity contribution in [1.82, 2.24) is 49.0 Å². The molecule has 3 N–H and O–H groups in total. The Morgan fingerprint density at radius 3 is 1.56 bits per heavy atom. The molecular weight excluding hydrogens is 1250 g/mol. The summed E-state index contributed by atoms with van der Waals surface area (Å²) >= 11 is 0. The van der Waals surface area contributed by atoms with Gasteiger partial charge in [0.2, 0.25) is 6.54 Å². The maximum absolute atomic E-state index is 15.3. The van der Waals surface area contributed by atoms with Crippen LogP contribution in [0.15, 0.2) is 145 Å². The first kappa shape index (κ1) is 63.4. The first-order valence-corrected chi connectivity index (χ1v) is 34.2. The number of nitrogens with one attached hydrogen (secondary N) is 2. The second kappa shape index (κ2) is 31.5. The monoisotopic (exact) mass is 1300 g/mol. The Morgan fingerprint density at radius 1 is 0.609 bits per heavy atom. The Morgan fingerprint density at radius 2 is 1.08 bits per heavy atom. The third-order valence-electron chi connectivity index (χ3n) is 12.4. The van der Waals surface area contributed by atoms with E-state index in [1.807, 2.05) is 36.4 Å². The molecule has 0 bridgehead atoms. The summed E-state index contributed by atoms with van der Waals surface area (Å²) in [6.07, 6.45) is 1.88.